The standard InChI is InChI=1S/C12H17FN2/c1-12(2)6-3-7-15(12)11-5-4-9(14)8-10(11)13/h4-5,8H,3,6-7,14H2,1-2H3. The highest BCUT2D eigenvalue weighted by Crippen LogP contribution is 2.35. The first kappa shape index (κ1) is 10.3. The van der Waals surface area contributed by atoms with Crippen molar-refractivity contribution < 1.29 is 4.39 Å². The molecule has 1 fully saturated rings. The van der Waals surface area contributed by atoms with Crippen LogP contribution in [0.3, 0.4) is 0 Å². The molecule has 3 heteroatoms. The van der Waals surface area contributed by atoms with Crippen molar-refractivity contribution in [3.8, 4) is 0 Å². The first-order chi connectivity index (χ1) is 7.00. The van der Waals surface area contributed by atoms with Gasteiger partial charge < -0.3 is 10.6 Å². The molecule has 0 spiro atoms. The van der Waals surface area contributed by atoms with Gasteiger partial charge in [-0.05, 0) is 44.9 Å². The summed E-state index contributed by atoms with van der Waals surface area (Å²) in [6.07, 6.45) is 2.23. The van der Waals surface area contributed by atoms with E-state index in [4.69, 9.17) is 5.73 Å². The topological polar surface area (TPSA) is 29.3 Å². The molecule has 1 aromatic carbocycles. The van der Waals surface area contributed by atoms with Gasteiger partial charge >= 0.3 is 0 Å². The predicted octanol–water partition coefficient (Wildman–Crippen LogP) is 2.79. The summed E-state index contributed by atoms with van der Waals surface area (Å²) in [5.74, 6) is -0.218. The van der Waals surface area contributed by atoms with Crippen molar-refractivity contribution in [3.63, 3.8) is 0 Å². The third-order valence-electron chi connectivity index (χ3n) is 3.16. The highest BCUT2D eigenvalue weighted by molar-refractivity contribution is 5.56. The fourth-order valence-corrected chi connectivity index (χ4v) is 2.30. The summed E-state index contributed by atoms with van der Waals surface area (Å²) in [7, 11) is 0. The molecule has 1 aliphatic rings. The van der Waals surface area contributed by atoms with E-state index < -0.39 is 0 Å². The highest BCUT2D eigenvalue weighted by atomic mass is 19.1. The molecular weight excluding hydrogens is 191 g/mol. The van der Waals surface area contributed by atoms with Gasteiger partial charge in [-0.15, -0.1) is 0 Å². The average molecular weight is 208 g/mol. The average Bonchev–Trinajstić information content (AvgIpc) is 2.46. The molecule has 15 heavy (non-hydrogen) atoms. The Morgan fingerprint density at radius 2 is 2.13 bits per heavy atom. The molecule has 2 rings (SSSR count). The van der Waals surface area contributed by atoms with Crippen LogP contribution in [-0.2, 0) is 0 Å². The minimum Gasteiger partial charge on any atom is -0.399 e. The summed E-state index contributed by atoms with van der Waals surface area (Å²) in [5.41, 5.74) is 6.74. The lowest BCUT2D eigenvalue weighted by molar-refractivity contribution is 0.507. The first-order valence-corrected chi connectivity index (χ1v) is 5.33. The van der Waals surface area contributed by atoms with Crippen LogP contribution in [0, 0.1) is 5.82 Å². The summed E-state index contributed by atoms with van der Waals surface area (Å²) in [6, 6.07) is 4.92. The zero-order chi connectivity index (χ0) is 11.1. The zero-order valence-corrected chi connectivity index (χ0v) is 9.26. The molecule has 0 atom stereocenters. The van der Waals surface area contributed by atoms with Gasteiger partial charge in [0.05, 0.1) is 5.69 Å². The van der Waals surface area contributed by atoms with Crippen LogP contribution in [0.5, 0.6) is 0 Å². The predicted molar refractivity (Wildman–Crippen MR) is 61.5 cm³/mol. The van der Waals surface area contributed by atoms with Gasteiger partial charge in [0.2, 0.25) is 0 Å². The summed E-state index contributed by atoms with van der Waals surface area (Å²) in [4.78, 5) is 2.13. The maximum atomic E-state index is 13.7. The number of nitrogens with zero attached hydrogens (tertiary/aromatic N) is 1. The number of anilines is 2. The van der Waals surface area contributed by atoms with Gasteiger partial charge in [-0.2, -0.15) is 0 Å². The minimum atomic E-state index is -0.218. The Bertz CT molecular complexity index is 374. The van der Waals surface area contributed by atoms with Crippen LogP contribution in [-0.4, -0.2) is 12.1 Å². The maximum absolute atomic E-state index is 13.7. The number of halogens is 1. The number of benzene rings is 1. The lowest BCUT2D eigenvalue weighted by Crippen LogP contribution is -2.38. The Balaban J connectivity index is 2.37. The van der Waals surface area contributed by atoms with Crippen LogP contribution in [0.1, 0.15) is 26.7 Å². The highest BCUT2D eigenvalue weighted by Gasteiger charge is 2.33. The molecule has 1 aromatic rings. The van der Waals surface area contributed by atoms with Crippen LogP contribution in [0.4, 0.5) is 15.8 Å². The molecule has 1 aliphatic heterocycles. The van der Waals surface area contributed by atoms with Crippen molar-refractivity contribution in [2.45, 2.75) is 32.2 Å². The second kappa shape index (κ2) is 3.40. The molecule has 0 saturated carbocycles. The fourth-order valence-electron chi connectivity index (χ4n) is 2.30. The number of nitrogens with two attached hydrogens (primary N) is 1. The van der Waals surface area contributed by atoms with Gasteiger partial charge in [0.1, 0.15) is 5.82 Å². The number of hydrogen-bond donors (Lipinski definition) is 1. The second-order valence-electron chi connectivity index (χ2n) is 4.78. The largest absolute Gasteiger partial charge is 0.399 e. The zero-order valence-electron chi connectivity index (χ0n) is 9.26. The van der Waals surface area contributed by atoms with Crippen LogP contribution >= 0.6 is 0 Å². The van der Waals surface area contributed by atoms with E-state index in [1.807, 2.05) is 0 Å². The second-order valence-corrected chi connectivity index (χ2v) is 4.78. The van der Waals surface area contributed by atoms with Crippen molar-refractivity contribution in [1.82, 2.24) is 0 Å². The Kier molecular flexibility index (Phi) is 2.33. The Labute approximate surface area is 89.9 Å². The lowest BCUT2D eigenvalue weighted by Gasteiger charge is -2.34. The van der Waals surface area contributed by atoms with Gasteiger partial charge in [0, 0.05) is 17.8 Å². The number of rotatable bonds is 1. The van der Waals surface area contributed by atoms with E-state index in [1.165, 1.54) is 6.07 Å². The maximum Gasteiger partial charge on any atom is 0.148 e. The van der Waals surface area contributed by atoms with E-state index in [9.17, 15) is 4.39 Å². The molecule has 0 aliphatic carbocycles. The third kappa shape index (κ3) is 1.78. The van der Waals surface area contributed by atoms with Crippen LogP contribution in [0.25, 0.3) is 0 Å². The van der Waals surface area contributed by atoms with Crippen molar-refractivity contribution >= 4 is 11.4 Å². The molecule has 0 bridgehead atoms. The summed E-state index contributed by atoms with van der Waals surface area (Å²) >= 11 is 0. The smallest absolute Gasteiger partial charge is 0.148 e. The van der Waals surface area contributed by atoms with Crippen molar-refractivity contribution in [3.05, 3.63) is 24.0 Å². The minimum absolute atomic E-state index is 0.0525. The van der Waals surface area contributed by atoms with E-state index in [-0.39, 0.29) is 11.4 Å². The molecule has 0 radical (unpaired) electrons. The summed E-state index contributed by atoms with van der Waals surface area (Å²) < 4.78 is 13.7. The normalized spacial score (nSPS) is 19.5. The van der Waals surface area contributed by atoms with Gasteiger partial charge in [0.15, 0.2) is 0 Å². The Morgan fingerprint density at radius 3 is 2.67 bits per heavy atom. The van der Waals surface area contributed by atoms with Crippen LogP contribution in [0.2, 0.25) is 0 Å². The van der Waals surface area contributed by atoms with E-state index >= 15 is 0 Å². The van der Waals surface area contributed by atoms with Gasteiger partial charge in [-0.25, -0.2) is 4.39 Å². The summed E-state index contributed by atoms with van der Waals surface area (Å²) in [6.45, 7) is 5.22. The lowest BCUT2D eigenvalue weighted by atomic mass is 10.0. The quantitative estimate of drug-likeness (QED) is 0.719. The van der Waals surface area contributed by atoms with Crippen molar-refractivity contribution in [2.75, 3.05) is 17.2 Å². The SMILES string of the molecule is CC1(C)CCCN1c1ccc(N)cc1F. The third-order valence-corrected chi connectivity index (χ3v) is 3.16. The van der Waals surface area contributed by atoms with E-state index in [0.29, 0.717) is 11.4 Å². The van der Waals surface area contributed by atoms with Gasteiger partial charge in [-0.1, -0.05) is 0 Å². The van der Waals surface area contributed by atoms with Crippen LogP contribution in [0.15, 0.2) is 18.2 Å². The summed E-state index contributed by atoms with van der Waals surface area (Å²) in [5, 5.41) is 0. The molecule has 2 nitrogen and oxygen atoms in total. The van der Waals surface area contributed by atoms with E-state index in [1.54, 1.807) is 12.1 Å². The molecule has 0 amide bonds. The van der Waals surface area contributed by atoms with Crippen LogP contribution < -0.4 is 10.6 Å². The molecule has 2 N–H and O–H groups in total. The van der Waals surface area contributed by atoms with Gasteiger partial charge in [-0.3, -0.25) is 0 Å². The van der Waals surface area contributed by atoms with Crippen molar-refractivity contribution in [1.29, 1.82) is 0 Å². The molecule has 82 valence electrons. The molecular formula is C12H17FN2. The fraction of sp³-hybridized carbons (Fsp3) is 0.500. The molecule has 0 aromatic heterocycles. The first-order valence-electron chi connectivity index (χ1n) is 5.33. The molecule has 1 saturated heterocycles. The van der Waals surface area contributed by atoms with Gasteiger partial charge in [0.25, 0.3) is 0 Å². The van der Waals surface area contributed by atoms with E-state index in [2.05, 4.69) is 18.7 Å². The molecule has 1 heterocycles. The number of hydrogen-bond acceptors (Lipinski definition) is 2. The number of nitrogen functional groups attached to an aromatic ring is 1. The van der Waals surface area contributed by atoms with E-state index in [0.717, 1.165) is 19.4 Å². The molecule has 0 unspecified atom stereocenters. The van der Waals surface area contributed by atoms with Crippen molar-refractivity contribution in [2.24, 2.45) is 0 Å². The monoisotopic (exact) mass is 208 g/mol. The Morgan fingerprint density at radius 1 is 1.40 bits per heavy atom. The Hall–Kier alpha value is -1.25.